The monoisotopic (exact) mass is 262 g/mol. The predicted octanol–water partition coefficient (Wildman–Crippen LogP) is 2.15. The summed E-state index contributed by atoms with van der Waals surface area (Å²) in [6, 6.07) is 1.82. The van der Waals surface area contributed by atoms with Crippen molar-refractivity contribution in [3.8, 4) is 0 Å². The van der Waals surface area contributed by atoms with E-state index in [0.29, 0.717) is 5.82 Å². The maximum absolute atomic E-state index is 11.7. The zero-order valence-electron chi connectivity index (χ0n) is 10.5. The maximum Gasteiger partial charge on any atom is 0.249 e. The SMILES string of the molecule is Cc1cc(NC(=O)/C=C/c2csc(C)n2)n(C)n1. The molecule has 5 nitrogen and oxygen atoms in total. The van der Waals surface area contributed by atoms with Crippen molar-refractivity contribution in [2.24, 2.45) is 7.05 Å². The highest BCUT2D eigenvalue weighted by atomic mass is 32.1. The molecule has 0 atom stereocenters. The summed E-state index contributed by atoms with van der Waals surface area (Å²) in [6.45, 7) is 3.81. The van der Waals surface area contributed by atoms with Crippen molar-refractivity contribution in [3.05, 3.63) is 33.9 Å². The molecule has 0 saturated heterocycles. The van der Waals surface area contributed by atoms with E-state index in [2.05, 4.69) is 15.4 Å². The van der Waals surface area contributed by atoms with Crippen LogP contribution in [0.4, 0.5) is 5.82 Å². The summed E-state index contributed by atoms with van der Waals surface area (Å²) in [7, 11) is 1.79. The van der Waals surface area contributed by atoms with Crippen molar-refractivity contribution < 1.29 is 4.79 Å². The normalized spacial score (nSPS) is 11.1. The van der Waals surface area contributed by atoms with E-state index < -0.39 is 0 Å². The van der Waals surface area contributed by atoms with Crippen LogP contribution in [-0.2, 0) is 11.8 Å². The molecule has 0 aliphatic rings. The van der Waals surface area contributed by atoms with E-state index in [0.717, 1.165) is 16.4 Å². The van der Waals surface area contributed by atoms with E-state index in [1.165, 1.54) is 6.08 Å². The Balaban J connectivity index is 2.01. The van der Waals surface area contributed by atoms with Gasteiger partial charge in [-0.2, -0.15) is 5.10 Å². The number of aromatic nitrogens is 3. The molecule has 0 radical (unpaired) electrons. The molecule has 2 aromatic rings. The lowest BCUT2D eigenvalue weighted by molar-refractivity contribution is -0.111. The molecule has 0 aliphatic heterocycles. The van der Waals surface area contributed by atoms with Crippen LogP contribution in [0.15, 0.2) is 17.5 Å². The molecule has 0 unspecified atom stereocenters. The number of amides is 1. The highest BCUT2D eigenvalue weighted by Gasteiger charge is 2.04. The molecular formula is C12H14N4OS. The number of carbonyl (C=O) groups excluding carboxylic acids is 1. The Morgan fingerprint density at radius 2 is 2.28 bits per heavy atom. The summed E-state index contributed by atoms with van der Waals surface area (Å²) >= 11 is 1.56. The fourth-order valence-electron chi connectivity index (χ4n) is 1.51. The molecule has 0 saturated carbocycles. The van der Waals surface area contributed by atoms with Gasteiger partial charge < -0.3 is 5.32 Å². The lowest BCUT2D eigenvalue weighted by Gasteiger charge is -2.00. The van der Waals surface area contributed by atoms with Crippen LogP contribution in [0.2, 0.25) is 0 Å². The fraction of sp³-hybridized carbons (Fsp3) is 0.250. The van der Waals surface area contributed by atoms with Crippen LogP contribution in [0.1, 0.15) is 16.4 Å². The molecule has 0 aliphatic carbocycles. The molecule has 1 amide bonds. The smallest absolute Gasteiger partial charge is 0.249 e. The Hall–Kier alpha value is -1.95. The molecule has 18 heavy (non-hydrogen) atoms. The number of thiazole rings is 1. The Bertz CT molecular complexity index is 597. The lowest BCUT2D eigenvalue weighted by Crippen LogP contribution is -2.11. The van der Waals surface area contributed by atoms with Crippen molar-refractivity contribution in [2.45, 2.75) is 13.8 Å². The van der Waals surface area contributed by atoms with E-state index in [-0.39, 0.29) is 5.91 Å². The van der Waals surface area contributed by atoms with Gasteiger partial charge in [-0.3, -0.25) is 9.48 Å². The van der Waals surface area contributed by atoms with Gasteiger partial charge in [-0.05, 0) is 19.9 Å². The molecule has 2 rings (SSSR count). The molecule has 94 valence electrons. The number of aryl methyl sites for hydroxylation is 3. The van der Waals surface area contributed by atoms with Crippen LogP contribution in [0.3, 0.4) is 0 Å². The van der Waals surface area contributed by atoms with Crippen molar-refractivity contribution in [1.82, 2.24) is 14.8 Å². The first-order valence-corrected chi connectivity index (χ1v) is 6.34. The van der Waals surface area contributed by atoms with Gasteiger partial charge in [0.25, 0.3) is 0 Å². The lowest BCUT2D eigenvalue weighted by atomic mass is 10.4. The molecule has 0 spiro atoms. The van der Waals surface area contributed by atoms with Crippen LogP contribution in [0.25, 0.3) is 6.08 Å². The topological polar surface area (TPSA) is 59.8 Å². The number of carbonyl (C=O) groups is 1. The molecule has 0 bridgehead atoms. The first-order valence-electron chi connectivity index (χ1n) is 5.46. The Labute approximate surface area is 109 Å². The molecule has 2 heterocycles. The minimum absolute atomic E-state index is 0.191. The summed E-state index contributed by atoms with van der Waals surface area (Å²) < 4.78 is 1.63. The number of hydrogen-bond acceptors (Lipinski definition) is 4. The van der Waals surface area contributed by atoms with Crippen molar-refractivity contribution in [3.63, 3.8) is 0 Å². The highest BCUT2D eigenvalue weighted by Crippen LogP contribution is 2.10. The van der Waals surface area contributed by atoms with E-state index >= 15 is 0 Å². The first-order chi connectivity index (χ1) is 8.54. The van der Waals surface area contributed by atoms with Gasteiger partial charge in [0, 0.05) is 24.6 Å². The molecule has 2 aromatic heterocycles. The van der Waals surface area contributed by atoms with E-state index in [1.807, 2.05) is 25.3 Å². The minimum Gasteiger partial charge on any atom is -0.307 e. The second-order valence-electron chi connectivity index (χ2n) is 3.91. The van der Waals surface area contributed by atoms with Gasteiger partial charge in [0.15, 0.2) is 0 Å². The van der Waals surface area contributed by atoms with Crippen LogP contribution in [0.5, 0.6) is 0 Å². The number of nitrogens with zero attached hydrogens (tertiary/aromatic N) is 3. The van der Waals surface area contributed by atoms with Gasteiger partial charge in [-0.15, -0.1) is 11.3 Å². The van der Waals surface area contributed by atoms with Crippen LogP contribution >= 0.6 is 11.3 Å². The van der Waals surface area contributed by atoms with E-state index in [1.54, 1.807) is 29.1 Å². The summed E-state index contributed by atoms with van der Waals surface area (Å²) in [5.41, 5.74) is 1.67. The summed E-state index contributed by atoms with van der Waals surface area (Å²) in [5, 5.41) is 9.81. The quantitative estimate of drug-likeness (QED) is 0.862. The van der Waals surface area contributed by atoms with Gasteiger partial charge in [0.2, 0.25) is 5.91 Å². The molecule has 0 aromatic carbocycles. The van der Waals surface area contributed by atoms with Gasteiger partial charge in [-0.25, -0.2) is 4.98 Å². The highest BCUT2D eigenvalue weighted by molar-refractivity contribution is 7.09. The number of hydrogen-bond donors (Lipinski definition) is 1. The second-order valence-corrected chi connectivity index (χ2v) is 4.97. The number of anilines is 1. The summed E-state index contributed by atoms with van der Waals surface area (Å²) in [5.74, 6) is 0.486. The predicted molar refractivity (Wildman–Crippen MR) is 72.5 cm³/mol. The third-order valence-electron chi connectivity index (χ3n) is 2.30. The van der Waals surface area contributed by atoms with Gasteiger partial charge in [0.05, 0.1) is 16.4 Å². The van der Waals surface area contributed by atoms with Gasteiger partial charge in [0.1, 0.15) is 5.82 Å². The Morgan fingerprint density at radius 3 is 2.83 bits per heavy atom. The largest absolute Gasteiger partial charge is 0.307 e. The molecule has 0 fully saturated rings. The van der Waals surface area contributed by atoms with Crippen LogP contribution in [-0.4, -0.2) is 20.7 Å². The molecule has 6 heteroatoms. The number of rotatable bonds is 3. The third kappa shape index (κ3) is 3.04. The average Bonchev–Trinajstić information content (AvgIpc) is 2.83. The van der Waals surface area contributed by atoms with Crippen molar-refractivity contribution in [2.75, 3.05) is 5.32 Å². The second kappa shape index (κ2) is 5.14. The van der Waals surface area contributed by atoms with E-state index in [9.17, 15) is 4.79 Å². The fourth-order valence-corrected chi connectivity index (χ4v) is 2.09. The van der Waals surface area contributed by atoms with Crippen molar-refractivity contribution >= 4 is 29.1 Å². The van der Waals surface area contributed by atoms with Gasteiger partial charge >= 0.3 is 0 Å². The van der Waals surface area contributed by atoms with Crippen LogP contribution in [0, 0.1) is 13.8 Å². The Morgan fingerprint density at radius 1 is 1.50 bits per heavy atom. The third-order valence-corrected chi connectivity index (χ3v) is 3.09. The standard InChI is InChI=1S/C12H14N4OS/c1-8-6-11(16(3)15-8)14-12(17)5-4-10-7-18-9(2)13-10/h4-7H,1-3H3,(H,14,17)/b5-4+. The average molecular weight is 262 g/mol. The first kappa shape index (κ1) is 12.5. The Kier molecular flexibility index (Phi) is 3.57. The zero-order valence-corrected chi connectivity index (χ0v) is 11.3. The van der Waals surface area contributed by atoms with E-state index in [4.69, 9.17) is 0 Å². The summed E-state index contributed by atoms with van der Waals surface area (Å²) in [6.07, 6.45) is 3.17. The molecular weight excluding hydrogens is 248 g/mol. The maximum atomic E-state index is 11.7. The zero-order chi connectivity index (χ0) is 13.1. The van der Waals surface area contributed by atoms with Gasteiger partial charge in [-0.1, -0.05) is 0 Å². The summed E-state index contributed by atoms with van der Waals surface area (Å²) in [4.78, 5) is 15.9. The number of nitrogens with one attached hydrogen (secondary N) is 1. The molecule has 1 N–H and O–H groups in total. The van der Waals surface area contributed by atoms with Crippen LogP contribution < -0.4 is 5.32 Å². The van der Waals surface area contributed by atoms with Crippen molar-refractivity contribution in [1.29, 1.82) is 0 Å². The minimum atomic E-state index is -0.191.